The fourth-order valence-electron chi connectivity index (χ4n) is 23.4. The van der Waals surface area contributed by atoms with Gasteiger partial charge in [0.25, 0.3) is 0 Å². The number of furan rings is 3. The van der Waals surface area contributed by atoms with Crippen molar-refractivity contribution in [1.82, 2.24) is 0 Å². The summed E-state index contributed by atoms with van der Waals surface area (Å²) in [6.07, 6.45) is 0. The van der Waals surface area contributed by atoms with Gasteiger partial charge in [-0.3, -0.25) is 0 Å². The van der Waals surface area contributed by atoms with Crippen molar-refractivity contribution >= 4 is 174 Å². The summed E-state index contributed by atoms with van der Waals surface area (Å²) in [5, 5.41) is 31.8. The first-order valence-corrected chi connectivity index (χ1v) is 49.9. The van der Waals surface area contributed by atoms with Gasteiger partial charge in [-0.05, 0) is 303 Å². The van der Waals surface area contributed by atoms with Gasteiger partial charge in [0.15, 0.2) is 0 Å². The molecule has 27 aromatic carbocycles. The molecule has 0 fully saturated rings. The molecular formula is C142H88O3. The van der Waals surface area contributed by atoms with Crippen molar-refractivity contribution in [1.29, 1.82) is 0 Å². The molecule has 0 saturated heterocycles. The van der Waals surface area contributed by atoms with Crippen molar-refractivity contribution in [3.63, 3.8) is 0 Å². The fraction of sp³-hybridized carbons (Fsp3) is 0. The Bertz CT molecular complexity index is 10300. The molecule has 0 amide bonds. The van der Waals surface area contributed by atoms with Crippen molar-refractivity contribution in [3.8, 4) is 122 Å². The summed E-state index contributed by atoms with van der Waals surface area (Å²) in [5.74, 6) is 0. The highest BCUT2D eigenvalue weighted by molar-refractivity contribution is 6.30. The van der Waals surface area contributed by atoms with Crippen LogP contribution >= 0.6 is 0 Å². The Balaban J connectivity index is 0.000000106. The summed E-state index contributed by atoms with van der Waals surface area (Å²) in [7, 11) is 0. The van der Waals surface area contributed by atoms with Crippen molar-refractivity contribution in [2.24, 2.45) is 0 Å². The Morgan fingerprint density at radius 3 is 0.807 bits per heavy atom. The van der Waals surface area contributed by atoms with Crippen LogP contribution in [0.4, 0.5) is 0 Å². The summed E-state index contributed by atoms with van der Waals surface area (Å²) >= 11 is 0. The Morgan fingerprint density at radius 1 is 0.0966 bits per heavy atom. The average molecular weight is 1840 g/mol. The molecular weight excluding hydrogens is 1750 g/mol. The van der Waals surface area contributed by atoms with Crippen LogP contribution in [0.5, 0.6) is 0 Å². The van der Waals surface area contributed by atoms with Gasteiger partial charge in [0.2, 0.25) is 0 Å². The molecule has 0 aliphatic carbocycles. The Hall–Kier alpha value is -19.1. The monoisotopic (exact) mass is 1840 g/mol. The van der Waals surface area contributed by atoms with E-state index in [0.29, 0.717) is 0 Å². The molecule has 674 valence electrons. The Kier molecular flexibility index (Phi) is 20.3. The minimum atomic E-state index is 0.889. The van der Waals surface area contributed by atoms with Crippen LogP contribution < -0.4 is 0 Å². The van der Waals surface area contributed by atoms with Gasteiger partial charge in [0.05, 0.1) is 0 Å². The summed E-state index contributed by atoms with van der Waals surface area (Å²) in [4.78, 5) is 0. The van der Waals surface area contributed by atoms with Gasteiger partial charge in [0, 0.05) is 32.3 Å². The standard InChI is InChI=1S/C52H32O.C48H30O.C42H26O/c1-2-12-36(13-3-1)50-42-15-6-8-17-44(42)51(45-18-9-7-16-43(45)50)46-19-10-20-49-52(46)47-32-38(28-30-48(47)53-49)34-23-21-33(22-24-34)37-27-29-41-39(31-37)26-25-35-11-4-5-14-40(35)41;1-3-15-32(16-4-1)42-30-45-43(29-41(42)35-27-26-31-14-7-8-19-34(31)28-35)48-40(24-13-25-44(48)49-45)47-38-22-11-9-20-36(38)46(33-17-5-2-6-18-33)37-21-10-12-23-39(37)47;1-2-12-28(13-3-1)40-32-15-6-8-17-34(32)41(35-18-9-7-16-33(35)40)37-19-10-20-38-42(37)36-24-23-31(26-39(36)43-38)30-22-21-27-11-4-5-14-29(27)25-30/h1-32H;1-30H;1-26H. The minimum absolute atomic E-state index is 0.889. The number of fused-ring (bicyclic) bond motifs is 20. The van der Waals surface area contributed by atoms with E-state index in [-0.39, 0.29) is 0 Å². The van der Waals surface area contributed by atoms with E-state index in [9.17, 15) is 0 Å². The highest BCUT2D eigenvalue weighted by Crippen LogP contribution is 2.54. The lowest BCUT2D eigenvalue weighted by Gasteiger charge is -2.18. The average Bonchev–Trinajstić information content (AvgIpc) is 1.69. The molecule has 3 aromatic heterocycles. The molecule has 0 aliphatic heterocycles. The van der Waals surface area contributed by atoms with E-state index >= 15 is 0 Å². The molecule has 3 heteroatoms. The molecule has 30 aromatic rings. The molecule has 0 atom stereocenters. The van der Waals surface area contributed by atoms with E-state index < -0.39 is 0 Å². The zero-order valence-electron chi connectivity index (χ0n) is 79.0. The zero-order valence-corrected chi connectivity index (χ0v) is 79.0. The molecule has 3 nitrogen and oxygen atoms in total. The van der Waals surface area contributed by atoms with Gasteiger partial charge in [-0.25, -0.2) is 0 Å². The first-order valence-electron chi connectivity index (χ1n) is 49.9. The van der Waals surface area contributed by atoms with E-state index in [4.69, 9.17) is 13.3 Å². The Labute approximate surface area is 836 Å². The Morgan fingerprint density at radius 2 is 0.366 bits per heavy atom. The second kappa shape index (κ2) is 35.1. The number of benzene rings is 27. The third kappa shape index (κ3) is 14.4. The van der Waals surface area contributed by atoms with Crippen LogP contribution in [-0.2, 0) is 0 Å². The van der Waals surface area contributed by atoms with Crippen molar-refractivity contribution in [2.75, 3.05) is 0 Å². The van der Waals surface area contributed by atoms with Gasteiger partial charge < -0.3 is 13.3 Å². The SMILES string of the molecule is c1ccc(-c2c3ccccc3c(-c3cccc4oc5cc(-c6ccc7ccccc7c6)ccc5c34)c3ccccc23)cc1.c1ccc(-c2c3ccccc3c(-c3cccc4oc5ccc(-c6ccc(-c7ccc8c(ccc9ccccc98)c7)cc6)cc5c34)c3ccccc23)cc1.c1ccc(-c2cc3oc4cccc(-c5c6ccccc6c(-c6ccccc6)c6ccccc56)c4c3cc2-c2ccc3ccccc3c2)cc1. The molecule has 0 unspecified atom stereocenters. The van der Waals surface area contributed by atoms with Crippen molar-refractivity contribution < 1.29 is 13.3 Å². The van der Waals surface area contributed by atoms with Gasteiger partial charge in [-0.1, -0.05) is 461 Å². The molecule has 30 rings (SSSR count). The second-order valence-electron chi connectivity index (χ2n) is 38.1. The maximum Gasteiger partial charge on any atom is 0.136 e. The zero-order chi connectivity index (χ0) is 95.5. The van der Waals surface area contributed by atoms with Crippen LogP contribution in [0, 0.1) is 0 Å². The van der Waals surface area contributed by atoms with E-state index in [1.54, 1.807) is 0 Å². The lowest BCUT2D eigenvalue weighted by atomic mass is 9.84. The second-order valence-corrected chi connectivity index (χ2v) is 38.1. The predicted molar refractivity (Wildman–Crippen MR) is 616 cm³/mol. The van der Waals surface area contributed by atoms with E-state index in [1.807, 2.05) is 0 Å². The molecule has 0 bridgehead atoms. The van der Waals surface area contributed by atoms with Crippen LogP contribution in [0.1, 0.15) is 0 Å². The van der Waals surface area contributed by atoms with Gasteiger partial charge in [0.1, 0.15) is 33.5 Å². The van der Waals surface area contributed by atoms with Gasteiger partial charge in [-0.15, -0.1) is 0 Å². The quantitative estimate of drug-likeness (QED) is 0.0957. The van der Waals surface area contributed by atoms with E-state index in [0.717, 1.165) is 76.9 Å². The molecule has 145 heavy (non-hydrogen) atoms. The molecule has 0 saturated carbocycles. The normalized spacial score (nSPS) is 11.7. The maximum absolute atomic E-state index is 6.76. The van der Waals surface area contributed by atoms with Crippen molar-refractivity contribution in [2.45, 2.75) is 0 Å². The number of hydrogen-bond acceptors (Lipinski definition) is 3. The lowest BCUT2D eigenvalue weighted by molar-refractivity contribution is 0.668. The molecule has 3 heterocycles. The molecule has 0 aliphatic rings. The third-order valence-corrected chi connectivity index (χ3v) is 29.9. The van der Waals surface area contributed by atoms with Gasteiger partial charge in [-0.2, -0.15) is 0 Å². The molecule has 0 N–H and O–H groups in total. The third-order valence-electron chi connectivity index (χ3n) is 29.9. The van der Waals surface area contributed by atoms with Crippen molar-refractivity contribution in [3.05, 3.63) is 534 Å². The summed E-state index contributed by atoms with van der Waals surface area (Å²) in [6.45, 7) is 0. The number of hydrogen-bond donors (Lipinski definition) is 0. The lowest BCUT2D eigenvalue weighted by Crippen LogP contribution is -1.91. The first kappa shape index (κ1) is 84.0. The van der Waals surface area contributed by atoms with Crippen LogP contribution in [-0.4, -0.2) is 0 Å². The topological polar surface area (TPSA) is 39.4 Å². The molecule has 0 radical (unpaired) electrons. The highest BCUT2D eigenvalue weighted by Gasteiger charge is 2.27. The van der Waals surface area contributed by atoms with Gasteiger partial charge >= 0.3 is 0 Å². The largest absolute Gasteiger partial charge is 0.456 e. The van der Waals surface area contributed by atoms with Crippen LogP contribution in [0.15, 0.2) is 547 Å². The first-order chi connectivity index (χ1) is 71.9. The molecule has 0 spiro atoms. The van der Waals surface area contributed by atoms with E-state index in [1.165, 1.54) is 219 Å². The maximum atomic E-state index is 6.76. The van der Waals surface area contributed by atoms with Crippen LogP contribution in [0.2, 0.25) is 0 Å². The smallest absolute Gasteiger partial charge is 0.136 e. The summed E-state index contributed by atoms with van der Waals surface area (Å²) in [6, 6.07) is 193. The predicted octanol–water partition coefficient (Wildman–Crippen LogP) is 40.6. The number of rotatable bonds is 11. The highest BCUT2D eigenvalue weighted by atomic mass is 16.3. The van der Waals surface area contributed by atoms with Crippen LogP contribution in [0.3, 0.4) is 0 Å². The summed E-state index contributed by atoms with van der Waals surface area (Å²) in [5.41, 5.74) is 32.0. The van der Waals surface area contributed by atoms with E-state index in [2.05, 4.69) is 534 Å². The van der Waals surface area contributed by atoms with Crippen LogP contribution in [0.25, 0.3) is 296 Å². The fourth-order valence-corrected chi connectivity index (χ4v) is 23.4. The minimum Gasteiger partial charge on any atom is -0.456 e. The summed E-state index contributed by atoms with van der Waals surface area (Å²) < 4.78 is 19.9.